The Bertz CT molecular complexity index is 365. The molecule has 14 heavy (non-hydrogen) atoms. The first kappa shape index (κ1) is 9.97. The van der Waals surface area contributed by atoms with Gasteiger partial charge in [-0.1, -0.05) is 6.07 Å². The number of nitro groups is 1. The third kappa shape index (κ3) is 2.44. The Morgan fingerprint density at radius 1 is 1.50 bits per heavy atom. The number of hydrogen-bond donors (Lipinski definition) is 2. The number of amides is 2. The zero-order valence-electron chi connectivity index (χ0n) is 7.48. The van der Waals surface area contributed by atoms with Crippen LogP contribution in [0.2, 0.25) is 0 Å². The lowest BCUT2D eigenvalue weighted by Crippen LogP contribution is -2.24. The smallest absolute Gasteiger partial charge is 0.318 e. The van der Waals surface area contributed by atoms with Crippen LogP contribution in [0.15, 0.2) is 24.3 Å². The fourth-order valence-electron chi connectivity index (χ4n) is 0.891. The summed E-state index contributed by atoms with van der Waals surface area (Å²) >= 11 is 0. The maximum atomic E-state index is 10.9. The molecule has 2 N–H and O–H groups in total. The second-order valence-electron chi connectivity index (χ2n) is 2.51. The fourth-order valence-corrected chi connectivity index (χ4v) is 0.891. The number of urea groups is 1. The lowest BCUT2D eigenvalue weighted by Gasteiger charge is -2.02. The highest BCUT2D eigenvalue weighted by Crippen LogP contribution is 2.16. The predicted molar refractivity (Wildman–Crippen MR) is 51.2 cm³/mol. The Balaban J connectivity index is 2.83. The summed E-state index contributed by atoms with van der Waals surface area (Å²) in [5.41, 5.74) is 0.331. The minimum atomic E-state index is -0.519. The highest BCUT2D eigenvalue weighted by Gasteiger charge is 2.06. The molecular weight excluding hydrogens is 186 g/mol. The van der Waals surface area contributed by atoms with E-state index in [2.05, 4.69) is 10.6 Å². The first-order valence-corrected chi connectivity index (χ1v) is 3.86. The second-order valence-corrected chi connectivity index (χ2v) is 2.51. The second kappa shape index (κ2) is 4.22. The molecule has 6 nitrogen and oxygen atoms in total. The van der Waals surface area contributed by atoms with E-state index in [0.29, 0.717) is 5.69 Å². The molecule has 0 aliphatic carbocycles. The lowest BCUT2D eigenvalue weighted by atomic mass is 10.3. The zero-order valence-corrected chi connectivity index (χ0v) is 7.48. The van der Waals surface area contributed by atoms with Crippen molar-refractivity contribution < 1.29 is 9.72 Å². The van der Waals surface area contributed by atoms with E-state index in [1.54, 1.807) is 6.07 Å². The number of carbonyl (C=O) groups excluding carboxylic acids is 1. The van der Waals surface area contributed by atoms with Gasteiger partial charge in [-0.25, -0.2) is 4.79 Å². The summed E-state index contributed by atoms with van der Waals surface area (Å²) in [6, 6.07) is 5.31. The molecule has 0 atom stereocenters. The van der Waals surface area contributed by atoms with Crippen LogP contribution in [0.3, 0.4) is 0 Å². The average Bonchev–Trinajstić information content (AvgIpc) is 2.18. The van der Waals surface area contributed by atoms with Crippen molar-refractivity contribution in [3.05, 3.63) is 34.4 Å². The summed E-state index contributed by atoms with van der Waals surface area (Å²) < 4.78 is 0. The molecule has 0 radical (unpaired) electrons. The quantitative estimate of drug-likeness (QED) is 0.551. The first-order chi connectivity index (χ1) is 6.63. The summed E-state index contributed by atoms with van der Waals surface area (Å²) in [6.07, 6.45) is 0. The Morgan fingerprint density at radius 2 is 2.21 bits per heavy atom. The maximum absolute atomic E-state index is 10.9. The van der Waals surface area contributed by atoms with Crippen LogP contribution < -0.4 is 10.6 Å². The van der Waals surface area contributed by atoms with Gasteiger partial charge < -0.3 is 10.6 Å². The molecule has 0 fully saturated rings. The average molecular weight is 195 g/mol. The van der Waals surface area contributed by atoms with Crippen molar-refractivity contribution in [2.24, 2.45) is 0 Å². The SMILES string of the molecule is CNC(=O)Nc1cccc([N+](=O)[O-])c1. The van der Waals surface area contributed by atoms with Gasteiger partial charge in [-0.2, -0.15) is 0 Å². The van der Waals surface area contributed by atoms with E-state index in [-0.39, 0.29) is 5.69 Å². The van der Waals surface area contributed by atoms with Gasteiger partial charge in [-0.15, -0.1) is 0 Å². The molecule has 1 aromatic rings. The zero-order chi connectivity index (χ0) is 10.6. The number of nitro benzene ring substituents is 1. The van der Waals surface area contributed by atoms with Crippen LogP contribution in [0.4, 0.5) is 16.2 Å². The molecule has 0 saturated heterocycles. The normalized spacial score (nSPS) is 9.21. The van der Waals surface area contributed by atoms with E-state index in [1.807, 2.05) is 0 Å². The van der Waals surface area contributed by atoms with Gasteiger partial charge in [0.05, 0.1) is 4.92 Å². The van der Waals surface area contributed by atoms with Crippen LogP contribution >= 0.6 is 0 Å². The van der Waals surface area contributed by atoms with Crippen molar-refractivity contribution >= 4 is 17.4 Å². The van der Waals surface area contributed by atoms with Crippen molar-refractivity contribution in [1.29, 1.82) is 0 Å². The minimum absolute atomic E-state index is 0.0566. The number of nitrogens with zero attached hydrogens (tertiary/aromatic N) is 1. The van der Waals surface area contributed by atoms with Crippen LogP contribution in [0, 0.1) is 10.1 Å². The Hall–Kier alpha value is -2.11. The molecule has 0 heterocycles. The van der Waals surface area contributed by atoms with Crippen LogP contribution in [0.5, 0.6) is 0 Å². The molecule has 0 unspecified atom stereocenters. The highest BCUT2D eigenvalue weighted by atomic mass is 16.6. The fraction of sp³-hybridized carbons (Fsp3) is 0.125. The Morgan fingerprint density at radius 3 is 2.79 bits per heavy atom. The van der Waals surface area contributed by atoms with Crippen LogP contribution in [-0.4, -0.2) is 18.0 Å². The van der Waals surface area contributed by atoms with Gasteiger partial charge in [-0.3, -0.25) is 10.1 Å². The number of benzene rings is 1. The standard InChI is InChI=1S/C8H9N3O3/c1-9-8(12)10-6-3-2-4-7(5-6)11(13)14/h2-5H,1H3,(H2,9,10,12). The number of nitrogens with one attached hydrogen (secondary N) is 2. The largest absolute Gasteiger partial charge is 0.341 e. The molecule has 0 saturated carbocycles. The molecule has 0 aliphatic rings. The first-order valence-electron chi connectivity index (χ1n) is 3.86. The molecular formula is C8H9N3O3. The van der Waals surface area contributed by atoms with Gasteiger partial charge in [-0.05, 0) is 6.07 Å². The van der Waals surface area contributed by atoms with Crippen molar-refractivity contribution in [1.82, 2.24) is 5.32 Å². The maximum Gasteiger partial charge on any atom is 0.318 e. The van der Waals surface area contributed by atoms with Gasteiger partial charge >= 0.3 is 6.03 Å². The highest BCUT2D eigenvalue weighted by molar-refractivity contribution is 5.89. The molecule has 2 amide bonds. The number of non-ortho nitro benzene ring substituents is 1. The summed E-state index contributed by atoms with van der Waals surface area (Å²) in [5, 5.41) is 15.2. The molecule has 0 aliphatic heterocycles. The lowest BCUT2D eigenvalue weighted by molar-refractivity contribution is -0.384. The molecule has 0 aromatic heterocycles. The van der Waals surface area contributed by atoms with Crippen LogP contribution in [-0.2, 0) is 0 Å². The van der Waals surface area contributed by atoms with E-state index < -0.39 is 11.0 Å². The Kier molecular flexibility index (Phi) is 3.01. The molecule has 0 bridgehead atoms. The monoisotopic (exact) mass is 195 g/mol. The van der Waals surface area contributed by atoms with Crippen molar-refractivity contribution in [2.75, 3.05) is 12.4 Å². The van der Waals surface area contributed by atoms with E-state index in [4.69, 9.17) is 0 Å². The summed E-state index contributed by atoms with van der Waals surface area (Å²) in [4.78, 5) is 20.7. The third-order valence-electron chi connectivity index (χ3n) is 1.54. The van der Waals surface area contributed by atoms with Gasteiger partial charge in [0.25, 0.3) is 5.69 Å². The number of anilines is 1. The van der Waals surface area contributed by atoms with Crippen LogP contribution in [0.1, 0.15) is 0 Å². The molecule has 1 rings (SSSR count). The molecule has 1 aromatic carbocycles. The van der Waals surface area contributed by atoms with Gasteiger partial charge in [0.1, 0.15) is 0 Å². The van der Waals surface area contributed by atoms with E-state index in [1.165, 1.54) is 25.2 Å². The topological polar surface area (TPSA) is 84.3 Å². The molecule has 74 valence electrons. The number of carbonyl (C=O) groups is 1. The summed E-state index contributed by atoms with van der Waals surface area (Å²) in [5.74, 6) is 0. The van der Waals surface area contributed by atoms with Crippen molar-refractivity contribution in [3.8, 4) is 0 Å². The number of hydrogen-bond acceptors (Lipinski definition) is 3. The third-order valence-corrected chi connectivity index (χ3v) is 1.54. The summed E-state index contributed by atoms with van der Waals surface area (Å²) in [7, 11) is 1.46. The van der Waals surface area contributed by atoms with Crippen molar-refractivity contribution in [2.45, 2.75) is 0 Å². The van der Waals surface area contributed by atoms with Crippen molar-refractivity contribution in [3.63, 3.8) is 0 Å². The van der Waals surface area contributed by atoms with Gasteiger partial charge in [0, 0.05) is 24.9 Å². The Labute approximate surface area is 80.1 Å². The minimum Gasteiger partial charge on any atom is -0.341 e. The van der Waals surface area contributed by atoms with Gasteiger partial charge in [0.2, 0.25) is 0 Å². The van der Waals surface area contributed by atoms with E-state index in [9.17, 15) is 14.9 Å². The molecule has 0 spiro atoms. The van der Waals surface area contributed by atoms with E-state index >= 15 is 0 Å². The van der Waals surface area contributed by atoms with Gasteiger partial charge in [0.15, 0.2) is 0 Å². The van der Waals surface area contributed by atoms with Crippen LogP contribution in [0.25, 0.3) is 0 Å². The number of rotatable bonds is 2. The predicted octanol–water partition coefficient (Wildman–Crippen LogP) is 1.35. The van der Waals surface area contributed by atoms with E-state index in [0.717, 1.165) is 0 Å². The summed E-state index contributed by atoms with van der Waals surface area (Å²) in [6.45, 7) is 0. The molecule has 6 heteroatoms.